The quantitative estimate of drug-likeness (QED) is 0.220. The number of aromatic nitrogens is 5. The van der Waals surface area contributed by atoms with E-state index in [-0.39, 0.29) is 11.2 Å². The largest absolute Gasteiger partial charge is 0.369 e. The van der Waals surface area contributed by atoms with Gasteiger partial charge in [0.15, 0.2) is 5.82 Å². The Balaban J connectivity index is 1.34. The topological polar surface area (TPSA) is 126 Å². The number of hydrogen-bond donors (Lipinski definition) is 1. The number of pyridine rings is 1. The third-order valence-electron chi connectivity index (χ3n) is 8.00. The van der Waals surface area contributed by atoms with Crippen molar-refractivity contribution in [2.45, 2.75) is 32.9 Å². The summed E-state index contributed by atoms with van der Waals surface area (Å²) < 4.78 is 1.81. The fraction of sp³-hybridized carbons (Fsp3) is 0.290. The van der Waals surface area contributed by atoms with Crippen LogP contribution in [0.25, 0.3) is 10.9 Å². The molecule has 0 amide bonds. The van der Waals surface area contributed by atoms with Gasteiger partial charge in [-0.15, -0.1) is 5.10 Å². The van der Waals surface area contributed by atoms with E-state index in [4.69, 9.17) is 0 Å². The lowest BCUT2D eigenvalue weighted by Gasteiger charge is -2.39. The summed E-state index contributed by atoms with van der Waals surface area (Å²) in [5.41, 5.74) is 5.62. The van der Waals surface area contributed by atoms with Crippen LogP contribution in [0.2, 0.25) is 0 Å². The molecule has 5 aromatic rings. The minimum absolute atomic E-state index is 0.0702. The average Bonchev–Trinajstić information content (AvgIpc) is 3.45. The number of nitro groups is 1. The van der Waals surface area contributed by atoms with E-state index < -0.39 is 11.0 Å². The Morgan fingerprint density at radius 1 is 0.976 bits per heavy atom. The molecule has 1 saturated heterocycles. The molecule has 1 atom stereocenters. The van der Waals surface area contributed by atoms with E-state index >= 15 is 0 Å². The summed E-state index contributed by atoms with van der Waals surface area (Å²) >= 11 is 0. The van der Waals surface area contributed by atoms with Crippen molar-refractivity contribution in [3.05, 3.63) is 121 Å². The smallest absolute Gasteiger partial charge is 0.269 e. The zero-order valence-corrected chi connectivity index (χ0v) is 23.6. The first-order valence-corrected chi connectivity index (χ1v) is 14.0. The van der Waals surface area contributed by atoms with Crippen LogP contribution in [0.1, 0.15) is 34.1 Å². The van der Waals surface area contributed by atoms with Gasteiger partial charge in [0.2, 0.25) is 0 Å². The Labute approximate surface area is 242 Å². The van der Waals surface area contributed by atoms with Crippen molar-refractivity contribution >= 4 is 22.3 Å². The lowest BCUT2D eigenvalue weighted by molar-refractivity contribution is -0.384. The molecule has 0 radical (unpaired) electrons. The van der Waals surface area contributed by atoms with Crippen molar-refractivity contribution in [3.8, 4) is 0 Å². The Bertz CT molecular complexity index is 1770. The van der Waals surface area contributed by atoms with E-state index in [0.717, 1.165) is 34.1 Å². The highest BCUT2D eigenvalue weighted by molar-refractivity contribution is 5.83. The van der Waals surface area contributed by atoms with Gasteiger partial charge < -0.3 is 9.88 Å². The predicted octanol–water partition coefficient (Wildman–Crippen LogP) is 4.19. The van der Waals surface area contributed by atoms with Crippen molar-refractivity contribution < 1.29 is 4.92 Å². The maximum Gasteiger partial charge on any atom is 0.269 e. The monoisotopic (exact) mass is 564 g/mol. The molecule has 1 N–H and O–H groups in total. The number of hydrogen-bond acceptors (Lipinski definition) is 8. The van der Waals surface area contributed by atoms with Crippen molar-refractivity contribution in [1.82, 2.24) is 30.1 Å². The van der Waals surface area contributed by atoms with Gasteiger partial charge in [-0.3, -0.25) is 19.8 Å². The first kappa shape index (κ1) is 27.3. The molecule has 0 spiro atoms. The van der Waals surface area contributed by atoms with Crippen LogP contribution in [0.5, 0.6) is 0 Å². The summed E-state index contributed by atoms with van der Waals surface area (Å²) in [6, 6.07) is 22.5. The van der Waals surface area contributed by atoms with Gasteiger partial charge in [-0.05, 0) is 71.7 Å². The molecule has 1 fully saturated rings. The molecule has 42 heavy (non-hydrogen) atoms. The molecule has 1 aliphatic rings. The van der Waals surface area contributed by atoms with E-state index in [1.165, 1.54) is 17.7 Å². The zero-order chi connectivity index (χ0) is 29.2. The number of aromatic amines is 1. The van der Waals surface area contributed by atoms with Crippen LogP contribution in [0, 0.1) is 24.0 Å². The minimum atomic E-state index is -0.455. The first-order chi connectivity index (χ1) is 20.4. The summed E-state index contributed by atoms with van der Waals surface area (Å²) in [7, 11) is 0. The van der Waals surface area contributed by atoms with Crippen molar-refractivity contribution in [1.29, 1.82) is 0 Å². The van der Waals surface area contributed by atoms with Gasteiger partial charge in [0.1, 0.15) is 6.04 Å². The lowest BCUT2D eigenvalue weighted by atomic mass is 9.99. The number of benzene rings is 3. The molecule has 2 aromatic heterocycles. The number of nitro benzene ring substituents is 1. The number of piperazine rings is 1. The van der Waals surface area contributed by atoms with E-state index in [2.05, 4.69) is 55.4 Å². The molecule has 3 heterocycles. The van der Waals surface area contributed by atoms with Crippen LogP contribution >= 0.6 is 0 Å². The van der Waals surface area contributed by atoms with E-state index in [1.54, 1.807) is 12.1 Å². The van der Waals surface area contributed by atoms with Gasteiger partial charge in [0.25, 0.3) is 11.2 Å². The molecule has 0 unspecified atom stereocenters. The molecule has 1 aliphatic heterocycles. The Morgan fingerprint density at radius 3 is 2.43 bits per heavy atom. The Kier molecular flexibility index (Phi) is 7.49. The van der Waals surface area contributed by atoms with Crippen molar-refractivity contribution in [2.24, 2.45) is 0 Å². The highest BCUT2D eigenvalue weighted by Crippen LogP contribution is 2.30. The molecular formula is C31H32N8O3. The van der Waals surface area contributed by atoms with Gasteiger partial charge in [-0.25, -0.2) is 4.68 Å². The van der Waals surface area contributed by atoms with Gasteiger partial charge in [0, 0.05) is 67.0 Å². The number of nitrogens with one attached hydrogen (secondary N) is 1. The fourth-order valence-corrected chi connectivity index (χ4v) is 5.86. The first-order valence-electron chi connectivity index (χ1n) is 14.0. The second kappa shape index (κ2) is 11.5. The number of nitrogens with zero attached hydrogens (tertiary/aromatic N) is 7. The standard InChI is InChI=1S/C31H32N8O3/c1-21-18-22(2)26-20-27(31(40)32-28(26)19-21)29(30-33-34-35-38(30)13-12-23-6-4-3-5-7-23)37-16-14-36(15-17-37)24-8-10-25(11-9-24)39(41)42/h3-11,18-20,29H,12-17H2,1-2H3,(H,32,40)/t29-/m0/s1. The molecule has 0 aliphatic carbocycles. The highest BCUT2D eigenvalue weighted by atomic mass is 16.6. The predicted molar refractivity (Wildman–Crippen MR) is 161 cm³/mol. The van der Waals surface area contributed by atoms with Crippen LogP contribution in [-0.2, 0) is 13.0 Å². The van der Waals surface area contributed by atoms with Crippen LogP contribution < -0.4 is 10.5 Å². The molecular weight excluding hydrogens is 532 g/mol. The second-order valence-corrected chi connectivity index (χ2v) is 10.8. The number of tetrazole rings is 1. The third-order valence-corrected chi connectivity index (χ3v) is 8.00. The normalized spacial score (nSPS) is 14.8. The highest BCUT2D eigenvalue weighted by Gasteiger charge is 2.33. The third kappa shape index (κ3) is 5.51. The van der Waals surface area contributed by atoms with Crippen LogP contribution in [0.15, 0.2) is 77.6 Å². The maximum absolute atomic E-state index is 13.7. The van der Waals surface area contributed by atoms with Crippen LogP contribution in [-0.4, -0.2) is 61.2 Å². The Morgan fingerprint density at radius 2 is 1.71 bits per heavy atom. The lowest BCUT2D eigenvalue weighted by Crippen LogP contribution is -2.49. The van der Waals surface area contributed by atoms with Crippen LogP contribution in [0.4, 0.5) is 11.4 Å². The van der Waals surface area contributed by atoms with Gasteiger partial charge >= 0.3 is 0 Å². The summed E-state index contributed by atoms with van der Waals surface area (Å²) in [6.45, 7) is 7.32. The zero-order valence-electron chi connectivity index (χ0n) is 23.6. The summed E-state index contributed by atoms with van der Waals surface area (Å²) in [4.78, 5) is 32.0. The molecule has 11 nitrogen and oxygen atoms in total. The maximum atomic E-state index is 13.7. The Hall–Kier alpha value is -4.90. The summed E-state index contributed by atoms with van der Waals surface area (Å²) in [5.74, 6) is 0.629. The van der Waals surface area contributed by atoms with E-state index in [0.29, 0.717) is 44.1 Å². The van der Waals surface area contributed by atoms with Crippen molar-refractivity contribution in [2.75, 3.05) is 31.1 Å². The number of H-pyrrole nitrogens is 1. The van der Waals surface area contributed by atoms with Crippen molar-refractivity contribution in [3.63, 3.8) is 0 Å². The molecule has 6 rings (SSSR count). The number of fused-ring (bicyclic) bond motifs is 1. The SMILES string of the molecule is Cc1cc(C)c2cc([C@@H](c3nnnn3CCc3ccccc3)N3CCN(c4ccc([N+](=O)[O-])cc4)CC3)c(=O)[nH]c2c1. The van der Waals surface area contributed by atoms with Crippen LogP contribution in [0.3, 0.4) is 0 Å². The molecule has 3 aromatic carbocycles. The number of rotatable bonds is 8. The molecule has 0 bridgehead atoms. The molecule has 0 saturated carbocycles. The number of anilines is 1. The molecule has 11 heteroatoms. The summed E-state index contributed by atoms with van der Waals surface area (Å²) in [6.07, 6.45) is 0.756. The fourth-order valence-electron chi connectivity index (χ4n) is 5.86. The van der Waals surface area contributed by atoms with Gasteiger partial charge in [-0.1, -0.05) is 36.4 Å². The van der Waals surface area contributed by atoms with Gasteiger partial charge in [0.05, 0.1) is 4.92 Å². The van der Waals surface area contributed by atoms with E-state index in [9.17, 15) is 14.9 Å². The van der Waals surface area contributed by atoms with E-state index in [1.807, 2.05) is 41.9 Å². The minimum Gasteiger partial charge on any atom is -0.369 e. The summed E-state index contributed by atoms with van der Waals surface area (Å²) in [5, 5.41) is 24.9. The number of non-ortho nitro benzene ring substituents is 1. The number of aryl methyl sites for hydroxylation is 4. The van der Waals surface area contributed by atoms with Gasteiger partial charge in [-0.2, -0.15) is 0 Å². The second-order valence-electron chi connectivity index (χ2n) is 10.8. The molecule has 214 valence electrons. The average molecular weight is 565 g/mol.